The van der Waals surface area contributed by atoms with E-state index < -0.39 is 5.97 Å². The van der Waals surface area contributed by atoms with Crippen molar-refractivity contribution in [3.63, 3.8) is 0 Å². The molecule has 1 N–H and O–H groups in total. The monoisotopic (exact) mass is 444 g/mol. The molecule has 0 aliphatic carbocycles. The maximum absolute atomic E-state index is 12.9. The van der Waals surface area contributed by atoms with E-state index >= 15 is 0 Å². The fourth-order valence-corrected chi connectivity index (χ4v) is 4.09. The summed E-state index contributed by atoms with van der Waals surface area (Å²) < 4.78 is 5.87. The van der Waals surface area contributed by atoms with E-state index in [1.54, 1.807) is 41.3 Å². The molecule has 1 amide bonds. The largest absolute Gasteiger partial charge is 0.478 e. The van der Waals surface area contributed by atoms with Gasteiger partial charge in [0.05, 0.1) is 16.2 Å². The minimum Gasteiger partial charge on any atom is -0.478 e. The van der Waals surface area contributed by atoms with Crippen molar-refractivity contribution in [3.05, 3.63) is 95.1 Å². The van der Waals surface area contributed by atoms with Crippen LogP contribution in [0, 0.1) is 6.92 Å². The minimum atomic E-state index is -0.981. The molecule has 1 saturated heterocycles. The predicted molar refractivity (Wildman–Crippen MR) is 127 cm³/mol. The molecule has 1 aromatic heterocycles. The maximum atomic E-state index is 12.9. The molecular formula is C25H20N2O4S. The highest BCUT2D eigenvalue weighted by Gasteiger charge is 2.32. The Morgan fingerprint density at radius 2 is 1.84 bits per heavy atom. The number of furan rings is 1. The Morgan fingerprint density at radius 1 is 1.12 bits per heavy atom. The average molecular weight is 445 g/mol. The summed E-state index contributed by atoms with van der Waals surface area (Å²) in [6.07, 6.45) is 3.35. The smallest absolute Gasteiger partial charge is 0.335 e. The lowest BCUT2D eigenvalue weighted by molar-refractivity contribution is -0.121. The molecule has 160 valence electrons. The van der Waals surface area contributed by atoms with E-state index in [9.17, 15) is 9.59 Å². The number of hydrogen-bond donors (Lipinski definition) is 1. The summed E-state index contributed by atoms with van der Waals surface area (Å²) in [6, 6.07) is 17.8. The second-order valence-corrected chi connectivity index (χ2v) is 8.14. The van der Waals surface area contributed by atoms with Gasteiger partial charge in [-0.2, -0.15) is 0 Å². The number of amidine groups is 1. The number of thioether (sulfide) groups is 1. The molecule has 0 unspecified atom stereocenters. The lowest BCUT2D eigenvalue weighted by Crippen LogP contribution is -2.29. The van der Waals surface area contributed by atoms with Crippen LogP contribution in [0.3, 0.4) is 0 Å². The number of amides is 1. The van der Waals surface area contributed by atoms with Gasteiger partial charge in [-0.1, -0.05) is 35.9 Å². The molecule has 0 radical (unpaired) electrons. The third kappa shape index (κ3) is 4.58. The summed E-state index contributed by atoms with van der Waals surface area (Å²) in [4.78, 5) is 30.7. The van der Waals surface area contributed by atoms with E-state index in [1.165, 1.54) is 23.9 Å². The zero-order chi connectivity index (χ0) is 22.7. The van der Waals surface area contributed by atoms with Crippen LogP contribution >= 0.6 is 11.8 Å². The first-order valence-electron chi connectivity index (χ1n) is 9.86. The summed E-state index contributed by atoms with van der Waals surface area (Å²) in [7, 11) is 0. The summed E-state index contributed by atoms with van der Waals surface area (Å²) in [5.74, 6) is -0.0380. The van der Waals surface area contributed by atoms with Crippen LogP contribution in [0.5, 0.6) is 0 Å². The van der Waals surface area contributed by atoms with E-state index in [2.05, 4.69) is 11.6 Å². The zero-order valence-electron chi connectivity index (χ0n) is 17.3. The molecule has 3 aromatic rings. The quantitative estimate of drug-likeness (QED) is 0.387. The molecule has 0 spiro atoms. The molecule has 1 fully saturated rings. The van der Waals surface area contributed by atoms with Gasteiger partial charge in [0.1, 0.15) is 11.5 Å². The van der Waals surface area contributed by atoms with Gasteiger partial charge in [0.2, 0.25) is 0 Å². The summed E-state index contributed by atoms with van der Waals surface area (Å²) >= 11 is 1.29. The first-order chi connectivity index (χ1) is 15.4. The molecule has 2 heterocycles. The highest BCUT2D eigenvalue weighted by molar-refractivity contribution is 8.18. The van der Waals surface area contributed by atoms with Crippen molar-refractivity contribution in [1.29, 1.82) is 0 Å². The Labute approximate surface area is 189 Å². The van der Waals surface area contributed by atoms with Gasteiger partial charge in [0.15, 0.2) is 5.17 Å². The number of carboxylic acid groups (broad SMARTS) is 1. The van der Waals surface area contributed by atoms with Crippen LogP contribution < -0.4 is 0 Å². The van der Waals surface area contributed by atoms with Crippen LogP contribution in [0.4, 0.5) is 5.69 Å². The van der Waals surface area contributed by atoms with Gasteiger partial charge in [0.25, 0.3) is 5.91 Å². The Hall–Kier alpha value is -3.84. The van der Waals surface area contributed by atoms with Gasteiger partial charge in [-0.15, -0.1) is 6.58 Å². The average Bonchev–Trinajstić information content (AvgIpc) is 3.36. The number of aryl methyl sites for hydroxylation is 1. The normalized spacial score (nSPS) is 16.2. The molecule has 0 bridgehead atoms. The van der Waals surface area contributed by atoms with Gasteiger partial charge in [0, 0.05) is 18.2 Å². The zero-order valence-corrected chi connectivity index (χ0v) is 18.1. The van der Waals surface area contributed by atoms with Gasteiger partial charge >= 0.3 is 5.97 Å². The number of rotatable bonds is 6. The molecule has 7 heteroatoms. The minimum absolute atomic E-state index is 0.162. The van der Waals surface area contributed by atoms with E-state index in [-0.39, 0.29) is 11.5 Å². The van der Waals surface area contributed by atoms with Crippen LogP contribution in [0.2, 0.25) is 0 Å². The third-order valence-corrected chi connectivity index (χ3v) is 5.78. The van der Waals surface area contributed by atoms with Gasteiger partial charge in [-0.3, -0.25) is 9.69 Å². The van der Waals surface area contributed by atoms with E-state index in [1.807, 2.05) is 31.2 Å². The summed E-state index contributed by atoms with van der Waals surface area (Å²) in [5, 5.41) is 9.62. The van der Waals surface area contributed by atoms with Crippen molar-refractivity contribution in [2.75, 3.05) is 6.54 Å². The SMILES string of the molecule is C=CCN1C(=O)C(=Cc2ccc(-c3ccc(C(=O)O)cc3)o2)SC1=Nc1ccc(C)cc1. The second-order valence-electron chi connectivity index (χ2n) is 7.13. The third-order valence-electron chi connectivity index (χ3n) is 4.77. The highest BCUT2D eigenvalue weighted by Crippen LogP contribution is 2.35. The molecule has 0 saturated carbocycles. The van der Waals surface area contributed by atoms with Crippen molar-refractivity contribution in [2.24, 2.45) is 4.99 Å². The molecule has 32 heavy (non-hydrogen) atoms. The highest BCUT2D eigenvalue weighted by atomic mass is 32.2. The second kappa shape index (κ2) is 9.11. The van der Waals surface area contributed by atoms with Crippen LogP contribution in [-0.2, 0) is 4.79 Å². The van der Waals surface area contributed by atoms with Crippen molar-refractivity contribution in [1.82, 2.24) is 4.90 Å². The topological polar surface area (TPSA) is 83.1 Å². The Morgan fingerprint density at radius 3 is 2.50 bits per heavy atom. The Balaban J connectivity index is 1.59. The van der Waals surface area contributed by atoms with Crippen LogP contribution in [0.25, 0.3) is 17.4 Å². The Kier molecular flexibility index (Phi) is 6.09. The van der Waals surface area contributed by atoms with Crippen molar-refractivity contribution in [2.45, 2.75) is 6.92 Å². The lowest BCUT2D eigenvalue weighted by atomic mass is 10.1. The first-order valence-corrected chi connectivity index (χ1v) is 10.7. The summed E-state index contributed by atoms with van der Waals surface area (Å²) in [5.41, 5.74) is 2.86. The lowest BCUT2D eigenvalue weighted by Gasteiger charge is -2.12. The van der Waals surface area contributed by atoms with Crippen LogP contribution in [0.15, 0.2) is 87.6 Å². The van der Waals surface area contributed by atoms with Crippen molar-refractivity contribution in [3.8, 4) is 11.3 Å². The fourth-order valence-electron chi connectivity index (χ4n) is 3.10. The number of aromatic carboxylic acids is 1. The molecule has 0 atom stereocenters. The van der Waals surface area contributed by atoms with Crippen LogP contribution in [0.1, 0.15) is 21.7 Å². The number of aliphatic imine (C=N–C) groups is 1. The molecule has 4 rings (SSSR count). The number of nitrogens with zero attached hydrogens (tertiary/aromatic N) is 2. The number of benzene rings is 2. The first kappa shape index (κ1) is 21.4. The van der Waals surface area contributed by atoms with Crippen molar-refractivity contribution < 1.29 is 19.1 Å². The van der Waals surface area contributed by atoms with E-state index in [0.717, 1.165) is 16.8 Å². The van der Waals surface area contributed by atoms with E-state index in [0.29, 0.717) is 28.1 Å². The number of carboxylic acids is 1. The summed E-state index contributed by atoms with van der Waals surface area (Å²) in [6.45, 7) is 6.10. The van der Waals surface area contributed by atoms with Gasteiger partial charge < -0.3 is 9.52 Å². The molecule has 1 aliphatic rings. The van der Waals surface area contributed by atoms with Crippen LogP contribution in [-0.4, -0.2) is 33.6 Å². The molecular weight excluding hydrogens is 424 g/mol. The number of hydrogen-bond acceptors (Lipinski definition) is 5. The van der Waals surface area contributed by atoms with Gasteiger partial charge in [-0.05, 0) is 55.1 Å². The molecule has 6 nitrogen and oxygen atoms in total. The van der Waals surface area contributed by atoms with Gasteiger partial charge in [-0.25, -0.2) is 9.79 Å². The Bertz CT molecular complexity index is 1240. The standard InChI is InChI=1S/C25H20N2O4S/c1-3-14-27-23(28)22(32-25(27)26-19-10-4-16(2)5-11-19)15-20-12-13-21(31-20)17-6-8-18(9-7-17)24(29)30/h3-13,15H,1,14H2,2H3,(H,29,30). The number of carbonyl (C=O) groups is 2. The fraction of sp³-hybridized carbons (Fsp3) is 0.0800. The number of carbonyl (C=O) groups excluding carboxylic acids is 1. The van der Waals surface area contributed by atoms with E-state index in [4.69, 9.17) is 9.52 Å². The predicted octanol–water partition coefficient (Wildman–Crippen LogP) is 5.74. The maximum Gasteiger partial charge on any atom is 0.335 e. The van der Waals surface area contributed by atoms with Crippen molar-refractivity contribution >= 4 is 40.6 Å². The molecule has 1 aliphatic heterocycles. The molecule has 2 aromatic carbocycles.